The molecule has 2 aromatic heterocycles. The third-order valence-electron chi connectivity index (χ3n) is 6.55. The molecule has 0 unspecified atom stereocenters. The number of benzene rings is 2. The van der Waals surface area contributed by atoms with Crippen molar-refractivity contribution >= 4 is 28.7 Å². The highest BCUT2D eigenvalue weighted by molar-refractivity contribution is 5.97. The van der Waals surface area contributed by atoms with Gasteiger partial charge in [-0.3, -0.25) is 9.47 Å². The van der Waals surface area contributed by atoms with Crippen LogP contribution in [0.15, 0.2) is 66.6 Å². The van der Waals surface area contributed by atoms with E-state index in [2.05, 4.69) is 15.1 Å². The van der Waals surface area contributed by atoms with Crippen molar-refractivity contribution in [3.63, 3.8) is 0 Å². The zero-order valence-electron chi connectivity index (χ0n) is 20.3. The molecule has 0 aliphatic carbocycles. The van der Waals surface area contributed by atoms with Crippen molar-refractivity contribution in [3.8, 4) is 0 Å². The smallest absolute Gasteiger partial charge is 0.326 e. The second-order valence-corrected chi connectivity index (χ2v) is 9.18. The molecule has 1 N–H and O–H groups in total. The number of hydrogen-bond acceptors (Lipinski definition) is 3. The molecule has 1 aliphatic rings. The van der Waals surface area contributed by atoms with Gasteiger partial charge in [0.2, 0.25) is 5.95 Å². The van der Waals surface area contributed by atoms with E-state index < -0.39 is 5.95 Å². The molecule has 8 heteroatoms. The van der Waals surface area contributed by atoms with Gasteiger partial charge in [0.05, 0.1) is 18.6 Å². The number of amides is 1. The number of halogens is 2. The van der Waals surface area contributed by atoms with E-state index in [1.54, 1.807) is 34.9 Å². The number of rotatable bonds is 5. The van der Waals surface area contributed by atoms with Gasteiger partial charge in [0.25, 0.3) is 0 Å². The topological polar surface area (TPSA) is 54.5 Å². The minimum atomic E-state index is -0.606. The fourth-order valence-corrected chi connectivity index (χ4v) is 4.75. The zero-order chi connectivity index (χ0) is 25.9. The van der Waals surface area contributed by atoms with Crippen LogP contribution in [0.5, 0.6) is 0 Å². The molecule has 1 aliphatic heterocycles. The lowest BCUT2D eigenvalue weighted by Crippen LogP contribution is -2.35. The van der Waals surface area contributed by atoms with E-state index in [0.29, 0.717) is 36.3 Å². The molecule has 0 fully saturated rings. The first kappa shape index (κ1) is 24.3. The van der Waals surface area contributed by atoms with Gasteiger partial charge in [-0.25, -0.2) is 19.0 Å². The quantitative estimate of drug-likeness (QED) is 0.265. The molecule has 1 amide bonds. The Morgan fingerprint density at radius 1 is 1.19 bits per heavy atom. The number of carbonyl (C=O) groups is 1. The van der Waals surface area contributed by atoms with Gasteiger partial charge >= 0.3 is 6.03 Å². The fraction of sp³-hybridized carbons (Fsp3) is 0.207. The van der Waals surface area contributed by atoms with Gasteiger partial charge in [-0.15, -0.1) is 0 Å². The molecule has 3 heterocycles. The number of carbonyl (C=O) groups excluding carboxylic acids is 1. The molecule has 0 saturated heterocycles. The first-order valence-corrected chi connectivity index (χ1v) is 12.0. The van der Waals surface area contributed by atoms with Crippen molar-refractivity contribution in [2.45, 2.75) is 26.4 Å². The van der Waals surface area contributed by atoms with E-state index in [-0.39, 0.29) is 24.9 Å². The minimum absolute atomic E-state index is 0.147. The number of aromatic nitrogens is 2. The third kappa shape index (κ3) is 5.27. The van der Waals surface area contributed by atoms with Crippen molar-refractivity contribution in [2.75, 3.05) is 13.1 Å². The molecule has 4 aromatic rings. The molecule has 0 saturated carbocycles. The monoisotopic (exact) mass is 497 g/mol. The second kappa shape index (κ2) is 10.3. The van der Waals surface area contributed by atoms with Gasteiger partial charge in [-0.05, 0) is 59.3 Å². The molecule has 0 bridgehead atoms. The van der Waals surface area contributed by atoms with Crippen LogP contribution in [0.2, 0.25) is 0 Å². The maximum absolute atomic E-state index is 14.9. The highest BCUT2D eigenvalue weighted by atomic mass is 19.1. The summed E-state index contributed by atoms with van der Waals surface area (Å²) in [5.41, 5.74) is 5.45. The lowest BCUT2D eigenvalue weighted by atomic mass is 10.0. The molecule has 6 nitrogen and oxygen atoms in total. The second-order valence-electron chi connectivity index (χ2n) is 9.18. The van der Waals surface area contributed by atoms with E-state index in [1.807, 2.05) is 36.1 Å². The summed E-state index contributed by atoms with van der Waals surface area (Å²) in [6, 6.07) is 15.5. The van der Waals surface area contributed by atoms with Crippen molar-refractivity contribution in [3.05, 3.63) is 112 Å². The normalized spacial score (nSPS) is 13.8. The van der Waals surface area contributed by atoms with Gasteiger partial charge in [0.15, 0.2) is 5.69 Å². The van der Waals surface area contributed by atoms with E-state index in [1.165, 1.54) is 12.3 Å². The largest absolute Gasteiger partial charge is 0.333 e. The molecule has 37 heavy (non-hydrogen) atoms. The van der Waals surface area contributed by atoms with Crippen LogP contribution in [0.3, 0.4) is 0 Å². The number of nitrogens with one attached hydrogen (secondary N) is 1. The predicted molar refractivity (Wildman–Crippen MR) is 139 cm³/mol. The van der Waals surface area contributed by atoms with E-state index in [0.717, 1.165) is 27.8 Å². The molecular formula is C29H25F2N5O. The van der Waals surface area contributed by atoms with Crippen molar-refractivity contribution in [1.82, 2.24) is 19.8 Å². The Labute approximate surface area is 213 Å². The lowest BCUT2D eigenvalue weighted by Gasteiger charge is -2.27. The van der Waals surface area contributed by atoms with Gasteiger partial charge in [-0.1, -0.05) is 35.9 Å². The van der Waals surface area contributed by atoms with Crippen LogP contribution >= 0.6 is 0 Å². The Balaban J connectivity index is 1.41. The Hall–Kier alpha value is -4.35. The summed E-state index contributed by atoms with van der Waals surface area (Å²) in [5.74, 6) is -0.841. The van der Waals surface area contributed by atoms with Crippen LogP contribution in [0.1, 0.15) is 27.9 Å². The number of pyridine rings is 1. The van der Waals surface area contributed by atoms with Crippen LogP contribution in [0.25, 0.3) is 21.8 Å². The molecule has 2 aromatic carbocycles. The molecule has 0 spiro atoms. The first-order valence-electron chi connectivity index (χ1n) is 12.0. The standard InChI is InChI=1S/C29H25F2N5O/c1-19-3-5-20(6-4-19)13-22(30)17-35-12-10-27-25(18-35)24-15-23(32-2)7-8-26(24)36(27)29(37)34-16-21-9-11-33-28(31)14-21/h3-9,11,13-15H,10,12,16-18H2,1H3,(H,34,37)/b22-13-. The average Bonchev–Trinajstić information content (AvgIpc) is 3.21. The maximum atomic E-state index is 14.9. The summed E-state index contributed by atoms with van der Waals surface area (Å²) in [5, 5.41) is 3.67. The fourth-order valence-electron chi connectivity index (χ4n) is 4.75. The van der Waals surface area contributed by atoms with Crippen LogP contribution in [-0.2, 0) is 19.5 Å². The van der Waals surface area contributed by atoms with Crippen molar-refractivity contribution < 1.29 is 13.6 Å². The number of fused-ring (bicyclic) bond motifs is 3. The van der Waals surface area contributed by atoms with E-state index in [4.69, 9.17) is 6.57 Å². The van der Waals surface area contributed by atoms with Gasteiger partial charge in [0, 0.05) is 37.9 Å². The Bertz CT molecular complexity index is 1550. The summed E-state index contributed by atoms with van der Waals surface area (Å²) >= 11 is 0. The Kier molecular flexibility index (Phi) is 6.80. The number of nitrogens with zero attached hydrogens (tertiary/aromatic N) is 4. The summed E-state index contributed by atoms with van der Waals surface area (Å²) in [4.78, 5) is 22.4. The third-order valence-corrected chi connectivity index (χ3v) is 6.55. The maximum Gasteiger partial charge on any atom is 0.326 e. The SMILES string of the molecule is [C-]#[N+]c1ccc2c(c1)c1c(n2C(=O)NCc2ccnc(F)c2)CCN(C/C(F)=C/c2ccc(C)cc2)C1. The average molecular weight is 498 g/mol. The highest BCUT2D eigenvalue weighted by Gasteiger charge is 2.27. The molecule has 0 radical (unpaired) electrons. The summed E-state index contributed by atoms with van der Waals surface area (Å²) in [7, 11) is 0. The highest BCUT2D eigenvalue weighted by Crippen LogP contribution is 2.34. The Morgan fingerprint density at radius 3 is 2.76 bits per heavy atom. The Morgan fingerprint density at radius 2 is 2.00 bits per heavy atom. The van der Waals surface area contributed by atoms with Crippen LogP contribution < -0.4 is 5.32 Å². The lowest BCUT2D eigenvalue weighted by molar-refractivity contribution is 0.238. The van der Waals surface area contributed by atoms with E-state index in [9.17, 15) is 13.6 Å². The van der Waals surface area contributed by atoms with Crippen LogP contribution in [0.4, 0.5) is 19.3 Å². The van der Waals surface area contributed by atoms with E-state index >= 15 is 0 Å². The van der Waals surface area contributed by atoms with Gasteiger partial charge in [0.1, 0.15) is 5.83 Å². The molecule has 186 valence electrons. The van der Waals surface area contributed by atoms with Crippen LogP contribution in [0, 0.1) is 19.4 Å². The summed E-state index contributed by atoms with van der Waals surface area (Å²) in [6.07, 6.45) is 3.45. The van der Waals surface area contributed by atoms with Crippen molar-refractivity contribution in [1.29, 1.82) is 0 Å². The number of aryl methyl sites for hydroxylation is 1. The van der Waals surface area contributed by atoms with Gasteiger partial charge < -0.3 is 5.32 Å². The number of hydrogen-bond donors (Lipinski definition) is 1. The predicted octanol–water partition coefficient (Wildman–Crippen LogP) is 6.16. The molecule has 5 rings (SSSR count). The summed E-state index contributed by atoms with van der Waals surface area (Å²) < 4.78 is 30.0. The van der Waals surface area contributed by atoms with Crippen LogP contribution in [-0.4, -0.2) is 33.6 Å². The van der Waals surface area contributed by atoms with Crippen molar-refractivity contribution in [2.24, 2.45) is 0 Å². The zero-order valence-corrected chi connectivity index (χ0v) is 20.3. The minimum Gasteiger partial charge on any atom is -0.333 e. The molecule has 0 atom stereocenters. The molecular weight excluding hydrogens is 472 g/mol. The summed E-state index contributed by atoms with van der Waals surface area (Å²) in [6.45, 7) is 10.7. The first-order chi connectivity index (χ1) is 17.9. The van der Waals surface area contributed by atoms with Gasteiger partial charge in [-0.2, -0.15) is 4.39 Å².